The fraction of sp³-hybridized carbons (Fsp3) is 0.615. The standard InChI is InChI=1S/C13H21N6O13P3/c1-2-3-8-10-11(19(16-8)13(14)21)12(20)18(17-15-10)9-5-4-7(30-9)6-29-34(25,26)32-35(27,28)31-33(22,23)24/h7,9H,2-6H2,1H3,(H2,14,21)(H,25,26)(H,27,28)(H2,22,23,24). The van der Waals surface area contributed by atoms with Gasteiger partial charge >= 0.3 is 29.5 Å². The molecule has 1 saturated heterocycles. The lowest BCUT2D eigenvalue weighted by Gasteiger charge is -2.18. The number of phosphoric acid groups is 3. The molecule has 6 N–H and O–H groups in total. The number of nitrogens with zero attached hydrogens (tertiary/aromatic N) is 5. The molecule has 22 heteroatoms. The van der Waals surface area contributed by atoms with Crippen LogP contribution in [0, 0.1) is 0 Å². The normalized spacial score (nSPS) is 22.2. The second-order valence-corrected chi connectivity index (χ2v) is 11.6. The maximum absolute atomic E-state index is 13.0. The van der Waals surface area contributed by atoms with E-state index in [2.05, 4.69) is 28.6 Å². The molecule has 0 saturated carbocycles. The lowest BCUT2D eigenvalue weighted by molar-refractivity contribution is -0.0311. The maximum atomic E-state index is 13.0. The van der Waals surface area contributed by atoms with Crippen LogP contribution in [-0.4, -0.2) is 63.1 Å². The van der Waals surface area contributed by atoms with E-state index in [-0.39, 0.29) is 23.9 Å². The van der Waals surface area contributed by atoms with Gasteiger partial charge in [-0.15, -0.1) is 5.10 Å². The molecule has 0 aromatic carbocycles. The fourth-order valence-corrected chi connectivity index (χ4v) is 6.27. The van der Waals surface area contributed by atoms with Crippen LogP contribution in [0.15, 0.2) is 4.79 Å². The molecule has 2 aromatic heterocycles. The lowest BCUT2D eigenvalue weighted by atomic mass is 10.2. The molecule has 0 spiro atoms. The van der Waals surface area contributed by atoms with Gasteiger partial charge in [-0.2, -0.15) is 23.1 Å². The molecular weight excluding hydrogens is 541 g/mol. The van der Waals surface area contributed by atoms with Gasteiger partial charge in [0.05, 0.1) is 18.4 Å². The number of amides is 1. The topological polar surface area (TPSA) is 278 Å². The van der Waals surface area contributed by atoms with Crippen molar-refractivity contribution in [3.63, 3.8) is 0 Å². The Kier molecular flexibility index (Phi) is 8.10. The predicted molar refractivity (Wildman–Crippen MR) is 112 cm³/mol. The fourth-order valence-electron chi connectivity index (χ4n) is 3.22. The predicted octanol–water partition coefficient (Wildman–Crippen LogP) is -0.112. The smallest absolute Gasteiger partial charge is 0.351 e. The summed E-state index contributed by atoms with van der Waals surface area (Å²) >= 11 is 0. The number of carbonyl (C=O) groups is 1. The van der Waals surface area contributed by atoms with E-state index in [4.69, 9.17) is 25.2 Å². The summed E-state index contributed by atoms with van der Waals surface area (Å²) in [5, 5.41) is 11.8. The van der Waals surface area contributed by atoms with E-state index in [9.17, 15) is 28.2 Å². The van der Waals surface area contributed by atoms with E-state index < -0.39 is 54.0 Å². The molecule has 1 aliphatic rings. The summed E-state index contributed by atoms with van der Waals surface area (Å²) in [6.07, 6.45) is -0.596. The van der Waals surface area contributed by atoms with Crippen molar-refractivity contribution in [2.24, 2.45) is 5.73 Å². The van der Waals surface area contributed by atoms with Crippen LogP contribution in [0.4, 0.5) is 4.79 Å². The molecule has 2 aromatic rings. The zero-order valence-corrected chi connectivity index (χ0v) is 20.5. The highest BCUT2D eigenvalue weighted by molar-refractivity contribution is 7.66. The number of primary amides is 1. The summed E-state index contributed by atoms with van der Waals surface area (Å²) in [7, 11) is -16.5. The molecule has 35 heavy (non-hydrogen) atoms. The van der Waals surface area contributed by atoms with E-state index in [1.807, 2.05) is 6.92 Å². The minimum atomic E-state index is -5.65. The average molecular weight is 562 g/mol. The Morgan fingerprint density at radius 3 is 2.46 bits per heavy atom. The molecule has 19 nitrogen and oxygen atoms in total. The van der Waals surface area contributed by atoms with Crippen molar-refractivity contribution in [2.45, 2.75) is 44.9 Å². The van der Waals surface area contributed by atoms with Gasteiger partial charge in [0.25, 0.3) is 5.56 Å². The first-order valence-electron chi connectivity index (χ1n) is 9.73. The third-order valence-electron chi connectivity index (χ3n) is 4.47. The maximum Gasteiger partial charge on any atom is 0.490 e. The van der Waals surface area contributed by atoms with Gasteiger partial charge in [-0.3, -0.25) is 9.32 Å². The highest BCUT2D eigenvalue weighted by Crippen LogP contribution is 2.66. The van der Waals surface area contributed by atoms with Crippen LogP contribution in [0.2, 0.25) is 0 Å². The van der Waals surface area contributed by atoms with Gasteiger partial charge in [-0.05, 0) is 19.3 Å². The number of carbonyl (C=O) groups excluding carboxylic acids is 1. The van der Waals surface area contributed by atoms with Gasteiger partial charge in [-0.1, -0.05) is 18.6 Å². The van der Waals surface area contributed by atoms with Crippen LogP contribution in [-0.2, 0) is 38.0 Å². The van der Waals surface area contributed by atoms with Crippen molar-refractivity contribution in [1.82, 2.24) is 24.8 Å². The largest absolute Gasteiger partial charge is 0.490 e. The molecular formula is C13H21N6O13P3. The Morgan fingerprint density at radius 1 is 1.17 bits per heavy atom. The molecule has 4 unspecified atom stereocenters. The van der Waals surface area contributed by atoms with E-state index in [0.717, 1.165) is 9.36 Å². The van der Waals surface area contributed by atoms with Crippen molar-refractivity contribution in [3.8, 4) is 0 Å². The highest BCUT2D eigenvalue weighted by atomic mass is 31.3. The third kappa shape index (κ3) is 6.87. The number of aromatic nitrogens is 5. The summed E-state index contributed by atoms with van der Waals surface area (Å²) in [4.78, 5) is 60.5. The molecule has 0 bridgehead atoms. The summed E-state index contributed by atoms with van der Waals surface area (Å²) in [5.74, 6) is 0. The number of ether oxygens (including phenoxy) is 1. The molecule has 3 rings (SSSR count). The molecule has 4 atom stereocenters. The third-order valence-corrected chi connectivity index (χ3v) is 8.28. The number of phosphoric ester groups is 1. The Labute approximate surface area is 195 Å². The van der Waals surface area contributed by atoms with Gasteiger partial charge in [0.2, 0.25) is 0 Å². The molecule has 0 radical (unpaired) electrons. The van der Waals surface area contributed by atoms with E-state index in [1.54, 1.807) is 0 Å². The number of aryl methyl sites for hydroxylation is 1. The second kappa shape index (κ2) is 10.2. The first kappa shape index (κ1) is 27.7. The first-order valence-corrected chi connectivity index (χ1v) is 14.3. The number of hydrogen-bond acceptors (Lipinski definition) is 12. The molecule has 0 aliphatic carbocycles. The summed E-state index contributed by atoms with van der Waals surface area (Å²) in [6, 6.07) is -1.00. The van der Waals surface area contributed by atoms with Crippen molar-refractivity contribution in [3.05, 3.63) is 16.0 Å². The Bertz CT molecular complexity index is 1320. The van der Waals surface area contributed by atoms with E-state index in [0.29, 0.717) is 18.5 Å². The molecule has 1 fully saturated rings. The van der Waals surface area contributed by atoms with Crippen LogP contribution >= 0.6 is 23.5 Å². The van der Waals surface area contributed by atoms with Gasteiger partial charge in [-0.25, -0.2) is 18.5 Å². The van der Waals surface area contributed by atoms with Crippen LogP contribution < -0.4 is 11.3 Å². The number of hydrogen-bond donors (Lipinski definition) is 5. The molecule has 3 heterocycles. The van der Waals surface area contributed by atoms with Crippen LogP contribution in [0.1, 0.15) is 38.1 Å². The van der Waals surface area contributed by atoms with Crippen molar-refractivity contribution < 1.29 is 55.9 Å². The van der Waals surface area contributed by atoms with Crippen molar-refractivity contribution in [1.29, 1.82) is 0 Å². The van der Waals surface area contributed by atoms with Crippen molar-refractivity contribution in [2.75, 3.05) is 6.61 Å². The van der Waals surface area contributed by atoms with Crippen LogP contribution in [0.5, 0.6) is 0 Å². The Hall–Kier alpha value is -1.88. The monoisotopic (exact) mass is 562 g/mol. The summed E-state index contributed by atoms with van der Waals surface area (Å²) in [5.41, 5.74) is 4.80. The Morgan fingerprint density at radius 2 is 1.86 bits per heavy atom. The highest BCUT2D eigenvalue weighted by Gasteiger charge is 2.41. The number of fused-ring (bicyclic) bond motifs is 1. The summed E-state index contributed by atoms with van der Waals surface area (Å²) in [6.45, 7) is 1.17. The van der Waals surface area contributed by atoms with Gasteiger partial charge in [0.1, 0.15) is 5.52 Å². The van der Waals surface area contributed by atoms with E-state index in [1.165, 1.54) is 0 Å². The van der Waals surface area contributed by atoms with Crippen LogP contribution in [0.3, 0.4) is 0 Å². The Balaban J connectivity index is 1.72. The summed E-state index contributed by atoms with van der Waals surface area (Å²) < 4.78 is 52.7. The second-order valence-electron chi connectivity index (χ2n) is 7.16. The molecule has 1 amide bonds. The van der Waals surface area contributed by atoms with Crippen LogP contribution in [0.25, 0.3) is 11.0 Å². The zero-order valence-electron chi connectivity index (χ0n) is 17.8. The van der Waals surface area contributed by atoms with Crippen molar-refractivity contribution >= 4 is 40.5 Å². The quantitative estimate of drug-likeness (QED) is 0.236. The lowest BCUT2D eigenvalue weighted by Crippen LogP contribution is -2.32. The zero-order chi connectivity index (χ0) is 26.2. The van der Waals surface area contributed by atoms with Gasteiger partial charge in [0.15, 0.2) is 11.7 Å². The molecule has 1 aliphatic heterocycles. The first-order chi connectivity index (χ1) is 16.1. The number of nitrogens with two attached hydrogens (primary N) is 1. The van der Waals surface area contributed by atoms with E-state index >= 15 is 0 Å². The van der Waals surface area contributed by atoms with Gasteiger partial charge in [0, 0.05) is 0 Å². The van der Waals surface area contributed by atoms with Gasteiger partial charge < -0.3 is 30.0 Å². The average Bonchev–Trinajstić information content (AvgIpc) is 3.30. The number of rotatable bonds is 10. The minimum Gasteiger partial charge on any atom is -0.351 e. The SMILES string of the molecule is CCCc1nn(C(N)=O)c2c(=O)n(C3CCC(COP(=O)(O)OP(=O)(O)OP(=O)(O)O)O3)nnc12. The minimum absolute atomic E-state index is 0.106. The molecule has 196 valence electrons.